The van der Waals surface area contributed by atoms with Gasteiger partial charge in [0.15, 0.2) is 0 Å². The van der Waals surface area contributed by atoms with E-state index in [-0.39, 0.29) is 11.9 Å². The van der Waals surface area contributed by atoms with Crippen molar-refractivity contribution in [3.05, 3.63) is 71.6 Å². The minimum atomic E-state index is -1.07. The molecule has 4 aromatic heterocycles. The average Bonchev–Trinajstić information content (AvgIpc) is 3.32. The number of benzene rings is 1. The lowest BCUT2D eigenvalue weighted by Gasteiger charge is -2.22. The highest BCUT2D eigenvalue weighted by molar-refractivity contribution is 6.07. The van der Waals surface area contributed by atoms with Crippen LogP contribution in [0.4, 0.5) is 4.39 Å². The monoisotopic (exact) mass is 472 g/mol. The van der Waals surface area contributed by atoms with Gasteiger partial charge in [-0.3, -0.25) is 9.97 Å². The molecule has 1 atom stereocenters. The van der Waals surface area contributed by atoms with E-state index in [2.05, 4.69) is 26.8 Å². The Balaban J connectivity index is 1.90. The first kappa shape index (κ1) is 23.1. The molecule has 4 heterocycles. The summed E-state index contributed by atoms with van der Waals surface area (Å²) in [4.78, 5) is 9.37. The number of rotatable bonds is 6. The van der Waals surface area contributed by atoms with Crippen LogP contribution in [-0.2, 0) is 12.6 Å². The van der Waals surface area contributed by atoms with E-state index < -0.39 is 5.60 Å². The zero-order valence-electron chi connectivity index (χ0n) is 20.6. The number of hydrogen-bond donors (Lipinski definition) is 1. The van der Waals surface area contributed by atoms with Gasteiger partial charge in [0, 0.05) is 36.0 Å². The standard InChI is InChI=1S/C27H29FN6O/c1-6-9-22(21-10-7-8-11-29-21)34-23-14-18(26-16(2)31-32-33(26)5)20(28)13-19(23)25-24(34)12-17(15-30-25)27(3,4)35/h7-8,10-15,22,35H,6,9H2,1-5H3. The van der Waals surface area contributed by atoms with Gasteiger partial charge in [-0.2, -0.15) is 0 Å². The molecule has 35 heavy (non-hydrogen) atoms. The topological polar surface area (TPSA) is 81.7 Å². The van der Waals surface area contributed by atoms with Crippen molar-refractivity contribution in [3.8, 4) is 11.3 Å². The van der Waals surface area contributed by atoms with Crippen LogP contribution in [0.1, 0.15) is 56.6 Å². The van der Waals surface area contributed by atoms with Crippen LogP contribution in [-0.4, -0.2) is 34.6 Å². The van der Waals surface area contributed by atoms with E-state index in [1.807, 2.05) is 37.3 Å². The first-order valence-corrected chi connectivity index (χ1v) is 11.8. The number of hydrogen-bond acceptors (Lipinski definition) is 5. The highest BCUT2D eigenvalue weighted by Gasteiger charge is 2.26. The van der Waals surface area contributed by atoms with Gasteiger partial charge >= 0.3 is 0 Å². The van der Waals surface area contributed by atoms with Gasteiger partial charge in [0.2, 0.25) is 0 Å². The number of fused-ring (bicyclic) bond motifs is 3. The van der Waals surface area contributed by atoms with Crippen LogP contribution in [0, 0.1) is 12.7 Å². The Kier molecular flexibility index (Phi) is 5.63. The summed E-state index contributed by atoms with van der Waals surface area (Å²) in [6, 6.07) is 11.2. The first-order valence-electron chi connectivity index (χ1n) is 11.8. The van der Waals surface area contributed by atoms with Gasteiger partial charge in [0.1, 0.15) is 5.82 Å². The maximum Gasteiger partial charge on any atom is 0.133 e. The lowest BCUT2D eigenvalue weighted by molar-refractivity contribution is 0.0784. The van der Waals surface area contributed by atoms with Crippen molar-refractivity contribution >= 4 is 21.9 Å². The van der Waals surface area contributed by atoms with E-state index in [1.54, 1.807) is 44.0 Å². The summed E-state index contributed by atoms with van der Waals surface area (Å²) in [5.41, 5.74) is 4.65. The Bertz CT molecular complexity index is 1510. The highest BCUT2D eigenvalue weighted by atomic mass is 19.1. The molecule has 0 fully saturated rings. The molecule has 5 aromatic rings. The molecule has 0 saturated heterocycles. The zero-order valence-corrected chi connectivity index (χ0v) is 20.6. The van der Waals surface area contributed by atoms with Gasteiger partial charge in [0.25, 0.3) is 0 Å². The van der Waals surface area contributed by atoms with Crippen LogP contribution in [0.15, 0.2) is 48.8 Å². The molecule has 0 aliphatic rings. The maximum absolute atomic E-state index is 15.6. The van der Waals surface area contributed by atoms with Crippen molar-refractivity contribution in [2.45, 2.75) is 52.2 Å². The lowest BCUT2D eigenvalue weighted by atomic mass is 10.00. The first-order chi connectivity index (χ1) is 16.7. The Morgan fingerprint density at radius 2 is 1.91 bits per heavy atom. The molecule has 0 bridgehead atoms. The molecule has 1 N–H and O–H groups in total. The van der Waals surface area contributed by atoms with E-state index in [4.69, 9.17) is 4.98 Å². The third kappa shape index (κ3) is 3.87. The summed E-state index contributed by atoms with van der Waals surface area (Å²) in [5.74, 6) is -0.358. The summed E-state index contributed by atoms with van der Waals surface area (Å²) < 4.78 is 19.4. The van der Waals surface area contributed by atoms with Crippen LogP contribution >= 0.6 is 0 Å². The average molecular weight is 473 g/mol. The normalized spacial score (nSPS) is 13.1. The number of aliphatic hydroxyl groups is 1. The van der Waals surface area contributed by atoms with Crippen molar-refractivity contribution in [2.24, 2.45) is 7.05 Å². The van der Waals surface area contributed by atoms with Crippen molar-refractivity contribution in [1.29, 1.82) is 0 Å². The molecule has 0 spiro atoms. The lowest BCUT2D eigenvalue weighted by Crippen LogP contribution is -2.16. The van der Waals surface area contributed by atoms with Crippen molar-refractivity contribution in [2.75, 3.05) is 0 Å². The summed E-state index contributed by atoms with van der Waals surface area (Å²) in [7, 11) is 1.76. The quantitative estimate of drug-likeness (QED) is 0.356. The molecule has 0 amide bonds. The van der Waals surface area contributed by atoms with Crippen molar-refractivity contribution < 1.29 is 9.50 Å². The Morgan fingerprint density at radius 1 is 1.11 bits per heavy atom. The molecule has 0 aliphatic heterocycles. The van der Waals surface area contributed by atoms with E-state index in [0.717, 1.165) is 29.6 Å². The largest absolute Gasteiger partial charge is 0.386 e. The summed E-state index contributed by atoms with van der Waals surface area (Å²) in [6.45, 7) is 7.44. The van der Waals surface area contributed by atoms with Gasteiger partial charge in [-0.15, -0.1) is 5.10 Å². The van der Waals surface area contributed by atoms with E-state index in [1.165, 1.54) is 0 Å². The number of nitrogens with zero attached hydrogens (tertiary/aromatic N) is 6. The molecule has 0 saturated carbocycles. The second-order valence-corrected chi connectivity index (χ2v) is 9.58. The molecular weight excluding hydrogens is 443 g/mol. The minimum Gasteiger partial charge on any atom is -0.386 e. The molecule has 1 aromatic carbocycles. The van der Waals surface area contributed by atoms with Crippen LogP contribution < -0.4 is 0 Å². The predicted octanol–water partition coefficient (Wildman–Crippen LogP) is 5.44. The van der Waals surface area contributed by atoms with Crippen molar-refractivity contribution in [3.63, 3.8) is 0 Å². The zero-order chi connectivity index (χ0) is 24.9. The van der Waals surface area contributed by atoms with E-state index in [0.29, 0.717) is 33.4 Å². The molecule has 180 valence electrons. The molecule has 1 unspecified atom stereocenters. The fraction of sp³-hybridized carbons (Fsp3) is 0.333. The number of aryl methyl sites for hydroxylation is 2. The van der Waals surface area contributed by atoms with Gasteiger partial charge in [-0.05, 0) is 57.5 Å². The maximum atomic E-state index is 15.6. The minimum absolute atomic E-state index is 0.0934. The van der Waals surface area contributed by atoms with Gasteiger partial charge in [-0.25, -0.2) is 9.07 Å². The van der Waals surface area contributed by atoms with Crippen LogP contribution in [0.5, 0.6) is 0 Å². The van der Waals surface area contributed by atoms with Gasteiger partial charge < -0.3 is 9.67 Å². The van der Waals surface area contributed by atoms with E-state index in [9.17, 15) is 5.11 Å². The molecule has 8 heteroatoms. The molecule has 5 rings (SSSR count). The fourth-order valence-corrected chi connectivity index (χ4v) is 4.86. The summed E-state index contributed by atoms with van der Waals surface area (Å²) in [5, 5.41) is 19.6. The Labute approximate surface area is 203 Å². The molecule has 0 radical (unpaired) electrons. The highest BCUT2D eigenvalue weighted by Crippen LogP contribution is 2.39. The second-order valence-electron chi connectivity index (χ2n) is 9.58. The summed E-state index contributed by atoms with van der Waals surface area (Å²) >= 11 is 0. The Morgan fingerprint density at radius 3 is 2.54 bits per heavy atom. The Hall–Kier alpha value is -3.65. The van der Waals surface area contributed by atoms with Gasteiger partial charge in [0.05, 0.1) is 45.3 Å². The number of aromatic nitrogens is 6. The molecule has 0 aliphatic carbocycles. The van der Waals surface area contributed by atoms with Crippen LogP contribution in [0.25, 0.3) is 33.2 Å². The van der Waals surface area contributed by atoms with E-state index >= 15 is 4.39 Å². The third-order valence-corrected chi connectivity index (χ3v) is 6.59. The number of pyridine rings is 2. The summed E-state index contributed by atoms with van der Waals surface area (Å²) in [6.07, 6.45) is 5.23. The smallest absolute Gasteiger partial charge is 0.133 e. The van der Waals surface area contributed by atoms with Crippen LogP contribution in [0.3, 0.4) is 0 Å². The number of halogens is 1. The second kappa shape index (κ2) is 8.53. The van der Waals surface area contributed by atoms with Crippen LogP contribution in [0.2, 0.25) is 0 Å². The van der Waals surface area contributed by atoms with Gasteiger partial charge in [-0.1, -0.05) is 24.6 Å². The molecular formula is C27H29FN6O. The van der Waals surface area contributed by atoms with Crippen molar-refractivity contribution in [1.82, 2.24) is 29.5 Å². The predicted molar refractivity (Wildman–Crippen MR) is 134 cm³/mol. The fourth-order valence-electron chi connectivity index (χ4n) is 4.86. The molecule has 7 nitrogen and oxygen atoms in total. The SMILES string of the molecule is CCCC(c1ccccn1)n1c2cc(-c3c(C)nnn3C)c(F)cc2c2ncc(C(C)(C)O)cc21. The third-order valence-electron chi connectivity index (χ3n) is 6.59.